The highest BCUT2D eigenvalue weighted by molar-refractivity contribution is 6.31. The van der Waals surface area contributed by atoms with Crippen LogP contribution in [0.1, 0.15) is 29.0 Å². The summed E-state index contributed by atoms with van der Waals surface area (Å²) in [6.07, 6.45) is 3.38. The predicted octanol–water partition coefficient (Wildman–Crippen LogP) is 3.89. The van der Waals surface area contributed by atoms with E-state index >= 15 is 0 Å². The predicted molar refractivity (Wildman–Crippen MR) is 122 cm³/mol. The maximum atomic E-state index is 6.63. The van der Waals surface area contributed by atoms with Crippen molar-refractivity contribution in [2.45, 2.75) is 19.1 Å². The number of benzene rings is 1. The van der Waals surface area contributed by atoms with Gasteiger partial charge in [-0.05, 0) is 46.3 Å². The number of aromatic nitrogens is 4. The van der Waals surface area contributed by atoms with Crippen molar-refractivity contribution in [3.8, 4) is 0 Å². The van der Waals surface area contributed by atoms with E-state index in [1.807, 2.05) is 48.5 Å². The summed E-state index contributed by atoms with van der Waals surface area (Å²) in [5.41, 5.74) is 0.999. The van der Waals surface area contributed by atoms with Crippen LogP contribution in [0.4, 0.5) is 0 Å². The van der Waals surface area contributed by atoms with Gasteiger partial charge in [-0.1, -0.05) is 29.8 Å². The minimum absolute atomic E-state index is 0. The average Bonchev–Trinajstić information content (AvgIpc) is 3.56. The van der Waals surface area contributed by atoms with Crippen LogP contribution in [0.3, 0.4) is 0 Å². The van der Waals surface area contributed by atoms with E-state index in [4.69, 9.17) is 20.4 Å². The van der Waals surface area contributed by atoms with Crippen LogP contribution in [0.2, 0.25) is 5.02 Å². The van der Waals surface area contributed by atoms with Crippen LogP contribution < -0.4 is 0 Å². The van der Waals surface area contributed by atoms with Gasteiger partial charge in [-0.3, -0.25) is 9.80 Å². The molecule has 1 aliphatic heterocycles. The number of hydrogen-bond donors (Lipinski definition) is 0. The minimum atomic E-state index is -0.149. The first kappa shape index (κ1) is 22.5. The molecule has 5 rings (SSSR count). The van der Waals surface area contributed by atoms with E-state index in [1.165, 1.54) is 0 Å². The second-order valence-electron chi connectivity index (χ2n) is 7.59. The highest BCUT2D eigenvalue weighted by Crippen LogP contribution is 2.33. The van der Waals surface area contributed by atoms with Crippen LogP contribution in [0.5, 0.6) is 0 Å². The molecule has 10 heteroatoms. The molecule has 1 unspecified atom stereocenters. The van der Waals surface area contributed by atoms with E-state index in [0.717, 1.165) is 55.6 Å². The smallest absolute Gasteiger partial charge is 0.173 e. The molecule has 168 valence electrons. The number of hydrogen-bond acceptors (Lipinski definition) is 7. The summed E-state index contributed by atoms with van der Waals surface area (Å²) in [6.45, 7) is 4.85. The van der Waals surface area contributed by atoms with Crippen molar-refractivity contribution in [3.63, 3.8) is 0 Å². The van der Waals surface area contributed by atoms with Gasteiger partial charge in [0.15, 0.2) is 5.82 Å². The zero-order valence-electron chi connectivity index (χ0n) is 17.4. The van der Waals surface area contributed by atoms with E-state index in [9.17, 15) is 0 Å². The minimum Gasteiger partial charge on any atom is -0.468 e. The summed E-state index contributed by atoms with van der Waals surface area (Å²) < 4.78 is 12.8. The largest absolute Gasteiger partial charge is 0.468 e. The topological polar surface area (TPSA) is 76.4 Å². The Morgan fingerprint density at radius 1 is 0.875 bits per heavy atom. The molecule has 0 aliphatic carbocycles. The van der Waals surface area contributed by atoms with Gasteiger partial charge in [0, 0.05) is 31.2 Å². The normalized spacial score (nSPS) is 16.0. The molecule has 0 spiro atoms. The van der Waals surface area contributed by atoms with Gasteiger partial charge in [0.2, 0.25) is 0 Å². The molecule has 1 aromatic carbocycles. The summed E-state index contributed by atoms with van der Waals surface area (Å²) in [6, 6.07) is 15.5. The summed E-state index contributed by atoms with van der Waals surface area (Å²) in [5.74, 6) is 2.54. The lowest BCUT2D eigenvalue weighted by atomic mass is 10.0. The second-order valence-corrected chi connectivity index (χ2v) is 8.00. The first-order chi connectivity index (χ1) is 15.3. The molecule has 0 N–H and O–H groups in total. The van der Waals surface area contributed by atoms with Crippen LogP contribution in [-0.2, 0) is 13.1 Å². The van der Waals surface area contributed by atoms with Crippen molar-refractivity contribution >= 4 is 24.0 Å². The standard InChI is InChI=1S/C22H23ClN6O2.ClH/c23-20-8-2-1-7-19(20)21(22-24-25-26-29(22)16-18-6-4-14-31-18)28-11-9-27(10-12-28)15-17-5-3-13-30-17;/h1-8,13-14,21H,9-12,15-16H2;1H. The average molecular weight is 475 g/mol. The van der Waals surface area contributed by atoms with Gasteiger partial charge in [0.1, 0.15) is 18.1 Å². The maximum absolute atomic E-state index is 6.63. The fraction of sp³-hybridized carbons (Fsp3) is 0.318. The molecular weight excluding hydrogens is 451 g/mol. The number of furan rings is 2. The first-order valence-electron chi connectivity index (χ1n) is 10.3. The van der Waals surface area contributed by atoms with Crippen molar-refractivity contribution in [1.82, 2.24) is 30.0 Å². The molecule has 1 saturated heterocycles. The number of rotatable bonds is 7. The Bertz CT molecular complexity index is 1090. The van der Waals surface area contributed by atoms with Crippen LogP contribution in [0.25, 0.3) is 0 Å². The SMILES string of the molecule is Cl.Clc1ccccc1C(c1nnnn1Cc1ccco1)N1CCN(Cc2ccco2)CC1. The van der Waals surface area contributed by atoms with Crippen molar-refractivity contribution in [3.05, 3.63) is 89.0 Å². The number of piperazine rings is 1. The van der Waals surface area contributed by atoms with Gasteiger partial charge >= 0.3 is 0 Å². The van der Waals surface area contributed by atoms with Gasteiger partial charge in [0.25, 0.3) is 0 Å². The van der Waals surface area contributed by atoms with E-state index in [-0.39, 0.29) is 18.4 Å². The number of nitrogens with zero attached hydrogens (tertiary/aromatic N) is 6. The first-order valence-corrected chi connectivity index (χ1v) is 10.7. The molecule has 1 fully saturated rings. The highest BCUT2D eigenvalue weighted by atomic mass is 35.5. The molecule has 3 aromatic heterocycles. The van der Waals surface area contributed by atoms with Gasteiger partial charge in [0.05, 0.1) is 25.1 Å². The Kier molecular flexibility index (Phi) is 7.26. The third-order valence-corrected chi connectivity index (χ3v) is 5.97. The van der Waals surface area contributed by atoms with Crippen LogP contribution in [0, 0.1) is 0 Å². The van der Waals surface area contributed by atoms with E-state index in [1.54, 1.807) is 17.2 Å². The Labute approximate surface area is 197 Å². The van der Waals surface area contributed by atoms with Crippen molar-refractivity contribution in [2.75, 3.05) is 26.2 Å². The van der Waals surface area contributed by atoms with Gasteiger partial charge in [-0.25, -0.2) is 4.68 Å². The van der Waals surface area contributed by atoms with Gasteiger partial charge < -0.3 is 8.83 Å². The summed E-state index contributed by atoms with van der Waals surface area (Å²) in [7, 11) is 0. The van der Waals surface area contributed by atoms with Gasteiger partial charge in [-0.15, -0.1) is 17.5 Å². The lowest BCUT2D eigenvalue weighted by molar-refractivity contribution is 0.0955. The van der Waals surface area contributed by atoms with E-state index in [0.29, 0.717) is 11.6 Å². The second kappa shape index (κ2) is 10.3. The van der Waals surface area contributed by atoms with Crippen LogP contribution in [-0.4, -0.2) is 56.2 Å². The Morgan fingerprint density at radius 2 is 1.56 bits per heavy atom. The fourth-order valence-corrected chi connectivity index (χ4v) is 4.31. The molecule has 4 aromatic rings. The monoisotopic (exact) mass is 474 g/mol. The summed E-state index contributed by atoms with van der Waals surface area (Å²) in [5, 5.41) is 13.3. The van der Waals surface area contributed by atoms with Crippen LogP contribution in [0.15, 0.2) is 69.9 Å². The van der Waals surface area contributed by atoms with Crippen LogP contribution >= 0.6 is 24.0 Å². The molecule has 32 heavy (non-hydrogen) atoms. The Hall–Kier alpha value is -2.65. The Morgan fingerprint density at radius 3 is 2.22 bits per heavy atom. The van der Waals surface area contributed by atoms with Gasteiger partial charge in [-0.2, -0.15) is 0 Å². The number of tetrazole rings is 1. The van der Waals surface area contributed by atoms with E-state index in [2.05, 4.69) is 25.3 Å². The lowest BCUT2D eigenvalue weighted by Crippen LogP contribution is -2.48. The van der Waals surface area contributed by atoms with Crippen molar-refractivity contribution in [1.29, 1.82) is 0 Å². The molecule has 1 atom stereocenters. The molecule has 0 radical (unpaired) electrons. The summed E-state index contributed by atoms with van der Waals surface area (Å²) in [4.78, 5) is 4.79. The van der Waals surface area contributed by atoms with Crippen molar-refractivity contribution in [2.24, 2.45) is 0 Å². The lowest BCUT2D eigenvalue weighted by Gasteiger charge is -2.38. The Balaban J connectivity index is 0.00000245. The quantitative estimate of drug-likeness (QED) is 0.402. The molecular formula is C22H24Cl2N6O2. The van der Waals surface area contributed by atoms with Crippen molar-refractivity contribution < 1.29 is 8.83 Å². The molecule has 1 aliphatic rings. The molecule has 4 heterocycles. The third kappa shape index (κ3) is 4.88. The summed E-state index contributed by atoms with van der Waals surface area (Å²) >= 11 is 6.63. The molecule has 0 saturated carbocycles. The molecule has 0 amide bonds. The molecule has 0 bridgehead atoms. The van der Waals surface area contributed by atoms with E-state index < -0.39 is 0 Å². The highest BCUT2D eigenvalue weighted by Gasteiger charge is 2.32. The zero-order chi connectivity index (χ0) is 21.0. The number of halogens is 2. The maximum Gasteiger partial charge on any atom is 0.173 e. The molecule has 8 nitrogen and oxygen atoms in total. The fourth-order valence-electron chi connectivity index (χ4n) is 4.07. The zero-order valence-corrected chi connectivity index (χ0v) is 19.0. The third-order valence-electron chi connectivity index (χ3n) is 5.62.